The first-order valence-electron chi connectivity index (χ1n) is 23.3. The third-order valence-electron chi connectivity index (χ3n) is 12.7. The number of hydrogen-bond donors (Lipinski definition) is 6. The number of benzene rings is 3. The van der Waals surface area contributed by atoms with Gasteiger partial charge in [0.2, 0.25) is 23.6 Å². The van der Waals surface area contributed by atoms with Gasteiger partial charge in [-0.1, -0.05) is 81.4 Å². The van der Waals surface area contributed by atoms with Crippen LogP contribution in [0.3, 0.4) is 0 Å². The zero-order valence-electron chi connectivity index (χ0n) is 39.2. The Labute approximate surface area is 401 Å². The van der Waals surface area contributed by atoms with Gasteiger partial charge in [-0.3, -0.25) is 19.2 Å². The van der Waals surface area contributed by atoms with Gasteiger partial charge in [0.15, 0.2) is 11.6 Å². The molecule has 0 saturated carbocycles. The van der Waals surface area contributed by atoms with E-state index in [0.29, 0.717) is 49.5 Å². The lowest BCUT2D eigenvalue weighted by atomic mass is 9.85. The summed E-state index contributed by atoms with van der Waals surface area (Å²) in [5, 5.41) is 37.9. The smallest absolute Gasteiger partial charge is 0.246 e. The minimum Gasteiger partial charge on any atom is -0.507 e. The van der Waals surface area contributed by atoms with Crippen molar-refractivity contribution in [3.05, 3.63) is 107 Å². The molecule has 2 aliphatic rings. The van der Waals surface area contributed by atoms with Crippen LogP contribution >= 0.6 is 11.3 Å². The number of piperidine rings is 1. The van der Waals surface area contributed by atoms with Crippen LogP contribution in [0.15, 0.2) is 84.4 Å². The molecule has 0 spiro atoms. The molecule has 0 unspecified atom stereocenters. The zero-order valence-corrected chi connectivity index (χ0v) is 40.1. The highest BCUT2D eigenvalue weighted by Crippen LogP contribution is 2.32. The maximum Gasteiger partial charge on any atom is 0.246 e. The Morgan fingerprint density at radius 1 is 0.912 bits per heavy atom. The topological polar surface area (TPSA) is 225 Å². The minimum atomic E-state index is -0.899. The number of nitrogen functional groups attached to an aromatic ring is 1. The Hall–Kier alpha value is -6.43. The number of aromatic nitrogens is 3. The molecule has 16 nitrogen and oxygen atoms in total. The largest absolute Gasteiger partial charge is 0.507 e. The lowest BCUT2D eigenvalue weighted by Gasteiger charge is -2.36. The fourth-order valence-corrected chi connectivity index (χ4v) is 9.46. The molecule has 2 fully saturated rings. The molecule has 3 atom stereocenters. The predicted molar refractivity (Wildman–Crippen MR) is 261 cm³/mol. The number of phenolic OH excluding ortho intramolecular Hbond substituents is 1. The number of aliphatic hydroxyl groups excluding tert-OH is 1. The molecule has 7 rings (SSSR count). The third kappa shape index (κ3) is 13.2. The number of amides is 4. The lowest BCUT2D eigenvalue weighted by Crippen LogP contribution is -2.58. The molecule has 2 aliphatic heterocycles. The van der Waals surface area contributed by atoms with Crippen LogP contribution in [0.2, 0.25) is 0 Å². The molecule has 68 heavy (non-hydrogen) atoms. The molecule has 0 radical (unpaired) electrons. The number of carbonyl (C=O) groups is 4. The van der Waals surface area contributed by atoms with E-state index in [0.717, 1.165) is 58.8 Å². The number of nitrogens with one attached hydrogen (secondary N) is 3. The molecule has 360 valence electrons. The van der Waals surface area contributed by atoms with Crippen LogP contribution in [0.4, 0.5) is 5.82 Å². The first-order valence-corrected chi connectivity index (χ1v) is 24.2. The number of carbonyl (C=O) groups excluding carboxylic acids is 4. The van der Waals surface area contributed by atoms with Gasteiger partial charge in [-0.25, -0.2) is 4.98 Å². The average molecular weight is 946 g/mol. The van der Waals surface area contributed by atoms with E-state index in [1.54, 1.807) is 41.7 Å². The van der Waals surface area contributed by atoms with Crippen molar-refractivity contribution in [1.29, 1.82) is 0 Å². The van der Waals surface area contributed by atoms with E-state index in [1.807, 2.05) is 81.7 Å². The van der Waals surface area contributed by atoms with Crippen molar-refractivity contribution in [2.24, 2.45) is 11.3 Å². The number of aliphatic hydroxyl groups is 1. The summed E-state index contributed by atoms with van der Waals surface area (Å²) in [7, 11) is 0. The second-order valence-corrected chi connectivity index (χ2v) is 19.7. The van der Waals surface area contributed by atoms with Crippen molar-refractivity contribution < 1.29 is 34.1 Å². The van der Waals surface area contributed by atoms with Crippen LogP contribution in [0.5, 0.6) is 11.5 Å². The summed E-state index contributed by atoms with van der Waals surface area (Å²) in [6, 6.07) is 22.7. The van der Waals surface area contributed by atoms with E-state index in [2.05, 4.69) is 36.0 Å². The molecule has 0 bridgehead atoms. The number of para-hydroxylation sites is 1. The number of nitrogens with zero attached hydrogens (tertiary/aromatic N) is 5. The monoisotopic (exact) mass is 945 g/mol. The van der Waals surface area contributed by atoms with Crippen LogP contribution in [0.25, 0.3) is 21.7 Å². The van der Waals surface area contributed by atoms with Crippen LogP contribution in [0, 0.1) is 18.3 Å². The Morgan fingerprint density at radius 3 is 2.26 bits per heavy atom. The number of ether oxygens (including phenoxy) is 1. The standard InChI is InChI=1S/C51H63N9O7S/c1-32-46(68-31-55-32)37-15-13-36(14-16-37)29-54-49(65)41-26-38(61)30-60(41)50(66)47(51(2,3)4)56-44(63)19-23-59-21-17-34(18-22-59)25-45(64)53-28-35-11-9-33(10-12-35)20-24-67-43-27-40(57-58-48(43)52)39-7-5-6-8-42(39)62/h5-16,27,31,34,38,41,47,61-62H,17-26,28-30H2,1-4H3,(H2,52,58)(H,53,64)(H,54,65)(H,56,63)/t38-,41+,47-/m1/s1. The Morgan fingerprint density at radius 2 is 1.59 bits per heavy atom. The summed E-state index contributed by atoms with van der Waals surface area (Å²) < 4.78 is 5.92. The molecule has 2 aromatic heterocycles. The van der Waals surface area contributed by atoms with Gasteiger partial charge >= 0.3 is 0 Å². The number of thiazole rings is 1. The average Bonchev–Trinajstić information content (AvgIpc) is 3.95. The Kier molecular flexibility index (Phi) is 16.4. The molecule has 0 aliphatic carbocycles. The number of aromatic hydroxyl groups is 1. The fourth-order valence-electron chi connectivity index (χ4n) is 8.65. The third-order valence-corrected chi connectivity index (χ3v) is 13.7. The summed E-state index contributed by atoms with van der Waals surface area (Å²) >= 11 is 1.58. The number of phenols is 1. The predicted octanol–water partition coefficient (Wildman–Crippen LogP) is 5.40. The summed E-state index contributed by atoms with van der Waals surface area (Å²) in [5.74, 6) is -0.108. The lowest BCUT2D eigenvalue weighted by molar-refractivity contribution is -0.144. The summed E-state index contributed by atoms with van der Waals surface area (Å²) in [5.41, 5.74) is 13.1. The molecule has 7 N–H and O–H groups in total. The van der Waals surface area contributed by atoms with Crippen molar-refractivity contribution in [2.75, 3.05) is 38.5 Å². The number of aryl methyl sites for hydroxylation is 1. The maximum absolute atomic E-state index is 14.1. The highest BCUT2D eigenvalue weighted by Gasteiger charge is 2.44. The van der Waals surface area contributed by atoms with Crippen LogP contribution in [0.1, 0.15) is 75.3 Å². The highest BCUT2D eigenvalue weighted by molar-refractivity contribution is 7.13. The van der Waals surface area contributed by atoms with Gasteiger partial charge in [-0.2, -0.15) is 0 Å². The molecular weight excluding hydrogens is 883 g/mol. The summed E-state index contributed by atoms with van der Waals surface area (Å²) in [4.78, 5) is 63.0. The molecule has 5 aromatic rings. The molecule has 4 amide bonds. The molecule has 17 heteroatoms. The van der Waals surface area contributed by atoms with Gasteiger partial charge in [-0.15, -0.1) is 21.5 Å². The zero-order chi connectivity index (χ0) is 48.4. The van der Waals surface area contributed by atoms with Crippen LogP contribution < -0.4 is 26.4 Å². The highest BCUT2D eigenvalue weighted by atomic mass is 32.1. The van der Waals surface area contributed by atoms with E-state index in [9.17, 15) is 29.4 Å². The van der Waals surface area contributed by atoms with Crippen molar-refractivity contribution in [3.8, 4) is 33.2 Å². The number of anilines is 1. The van der Waals surface area contributed by atoms with E-state index in [-0.39, 0.29) is 61.1 Å². The van der Waals surface area contributed by atoms with Crippen LogP contribution in [-0.2, 0) is 38.7 Å². The first-order chi connectivity index (χ1) is 32.6. The SMILES string of the molecule is Cc1ncsc1-c1ccc(CNC(=O)[C@@H]2C[C@@H](O)CN2C(=O)[C@@H](NC(=O)CCN2CCC(CC(=O)NCc3ccc(CCOc4cc(-c5ccccc5O)nnc4N)cc3)CC2)C(C)(C)C)cc1. The molecule has 3 aromatic carbocycles. The van der Waals surface area contributed by atoms with E-state index >= 15 is 0 Å². The van der Waals surface area contributed by atoms with Crippen molar-refractivity contribution in [2.45, 2.75) is 97.5 Å². The Bertz CT molecular complexity index is 2520. The minimum absolute atomic E-state index is 0.00287. The van der Waals surface area contributed by atoms with Gasteiger partial charge in [0, 0.05) is 63.5 Å². The first kappa shape index (κ1) is 49.5. The number of rotatable bonds is 18. The second kappa shape index (κ2) is 22.6. The summed E-state index contributed by atoms with van der Waals surface area (Å²) in [6.45, 7) is 10.7. The van der Waals surface area contributed by atoms with E-state index in [1.165, 1.54) is 4.90 Å². The van der Waals surface area contributed by atoms with E-state index < -0.39 is 29.5 Å². The van der Waals surface area contributed by atoms with Crippen LogP contribution in [-0.4, -0.2) is 110 Å². The summed E-state index contributed by atoms with van der Waals surface area (Å²) in [6.07, 6.45) is 2.19. The van der Waals surface area contributed by atoms with Gasteiger partial charge in [0.05, 0.1) is 28.8 Å². The normalized spacial score (nSPS) is 17.1. The number of likely N-dealkylation sites (tertiary alicyclic amines) is 2. The van der Waals surface area contributed by atoms with Crippen molar-refractivity contribution >= 4 is 40.8 Å². The molecule has 2 saturated heterocycles. The number of nitrogens with two attached hydrogens (primary N) is 1. The Balaban J connectivity index is 0.796. The maximum atomic E-state index is 14.1. The molecule has 4 heterocycles. The molecular formula is C51H63N9O7S. The van der Waals surface area contributed by atoms with Gasteiger partial charge in [0.1, 0.15) is 23.5 Å². The fraction of sp³-hybridized carbons (Fsp3) is 0.431. The van der Waals surface area contributed by atoms with Crippen molar-refractivity contribution in [3.63, 3.8) is 0 Å². The number of hydrogen-bond acceptors (Lipinski definition) is 13. The quantitative estimate of drug-likeness (QED) is 0.0650. The van der Waals surface area contributed by atoms with Crippen molar-refractivity contribution in [1.82, 2.24) is 40.9 Å². The van der Waals surface area contributed by atoms with E-state index in [4.69, 9.17) is 10.5 Å². The number of β-amino-alcohol motifs (C(OH)–C–C–N with tert-alkyl or cyclic N) is 1. The van der Waals surface area contributed by atoms with Gasteiger partial charge in [-0.05, 0) is 78.6 Å². The van der Waals surface area contributed by atoms with Gasteiger partial charge in [0.25, 0.3) is 0 Å². The second-order valence-electron chi connectivity index (χ2n) is 18.9. The van der Waals surface area contributed by atoms with Gasteiger partial charge < -0.3 is 46.4 Å².